The van der Waals surface area contributed by atoms with Gasteiger partial charge in [0.05, 0.1) is 26.5 Å². The number of nitrogens with one attached hydrogen (secondary N) is 2. The number of hydrogen-bond acceptors (Lipinski definition) is 4. The third-order valence-corrected chi connectivity index (χ3v) is 2.33. The van der Waals surface area contributed by atoms with E-state index >= 15 is 0 Å². The van der Waals surface area contributed by atoms with E-state index in [2.05, 4.69) is 5.32 Å². The first-order valence-corrected chi connectivity index (χ1v) is 5.65. The number of benzene rings is 1. The minimum Gasteiger partial charge on any atom is -0.497 e. The molecule has 0 aromatic heterocycles. The summed E-state index contributed by atoms with van der Waals surface area (Å²) >= 11 is 0. The third-order valence-electron chi connectivity index (χ3n) is 2.33. The van der Waals surface area contributed by atoms with Gasteiger partial charge in [0.15, 0.2) is 0 Å². The number of carbonyl (C=O) groups is 1. The summed E-state index contributed by atoms with van der Waals surface area (Å²) in [6.45, 7) is -1.66. The van der Waals surface area contributed by atoms with Crippen LogP contribution in [-0.2, 0) is 4.79 Å². The van der Waals surface area contributed by atoms with Crippen LogP contribution in [0, 0.1) is 0 Å². The number of ether oxygens (including phenoxy) is 2. The zero-order chi connectivity index (χ0) is 15.2. The van der Waals surface area contributed by atoms with Crippen molar-refractivity contribution in [2.75, 3.05) is 32.6 Å². The van der Waals surface area contributed by atoms with E-state index in [9.17, 15) is 18.0 Å². The lowest BCUT2D eigenvalue weighted by atomic mass is 10.2. The van der Waals surface area contributed by atoms with Crippen LogP contribution in [0.4, 0.5) is 18.9 Å². The molecule has 1 aromatic rings. The second-order valence-electron chi connectivity index (χ2n) is 3.81. The normalized spacial score (nSPS) is 10.8. The van der Waals surface area contributed by atoms with Crippen LogP contribution in [0.5, 0.6) is 11.5 Å². The SMILES string of the molecule is COc1ccc(OC)c(NCC(=O)NCC(F)(F)F)c1. The Bertz CT molecular complexity index is 464. The summed E-state index contributed by atoms with van der Waals surface area (Å²) in [5.41, 5.74) is 0.453. The maximum absolute atomic E-state index is 11.9. The number of amides is 1. The predicted octanol–water partition coefficient (Wildman–Crippen LogP) is 1.79. The van der Waals surface area contributed by atoms with Crippen LogP contribution >= 0.6 is 0 Å². The molecule has 0 aliphatic rings. The van der Waals surface area contributed by atoms with Gasteiger partial charge in [-0.3, -0.25) is 4.79 Å². The number of carbonyl (C=O) groups excluding carboxylic acids is 1. The van der Waals surface area contributed by atoms with E-state index in [-0.39, 0.29) is 6.54 Å². The fourth-order valence-corrected chi connectivity index (χ4v) is 1.39. The second kappa shape index (κ2) is 6.88. The Balaban J connectivity index is 2.58. The van der Waals surface area contributed by atoms with E-state index in [1.165, 1.54) is 14.2 Å². The van der Waals surface area contributed by atoms with Gasteiger partial charge in [-0.2, -0.15) is 13.2 Å². The second-order valence-corrected chi connectivity index (χ2v) is 3.81. The van der Waals surface area contributed by atoms with Crippen molar-refractivity contribution < 1.29 is 27.4 Å². The molecule has 0 saturated carbocycles. The Morgan fingerprint density at radius 2 is 1.95 bits per heavy atom. The molecule has 1 aromatic carbocycles. The highest BCUT2D eigenvalue weighted by molar-refractivity contribution is 5.81. The predicted molar refractivity (Wildman–Crippen MR) is 67.1 cm³/mol. The minimum atomic E-state index is -4.43. The van der Waals surface area contributed by atoms with Crippen LogP contribution < -0.4 is 20.1 Å². The number of alkyl halides is 3. The van der Waals surface area contributed by atoms with E-state index < -0.39 is 18.6 Å². The molecule has 20 heavy (non-hydrogen) atoms. The van der Waals surface area contributed by atoms with Gasteiger partial charge in [0.1, 0.15) is 18.0 Å². The van der Waals surface area contributed by atoms with Gasteiger partial charge < -0.3 is 20.1 Å². The van der Waals surface area contributed by atoms with E-state index in [4.69, 9.17) is 9.47 Å². The Morgan fingerprint density at radius 3 is 2.50 bits per heavy atom. The topological polar surface area (TPSA) is 59.6 Å². The Kier molecular flexibility index (Phi) is 5.48. The first-order valence-electron chi connectivity index (χ1n) is 5.65. The highest BCUT2D eigenvalue weighted by atomic mass is 19.4. The fourth-order valence-electron chi connectivity index (χ4n) is 1.39. The van der Waals surface area contributed by atoms with Crippen molar-refractivity contribution >= 4 is 11.6 Å². The van der Waals surface area contributed by atoms with Crippen LogP contribution in [0.1, 0.15) is 0 Å². The lowest BCUT2D eigenvalue weighted by Crippen LogP contribution is -2.37. The molecular weight excluding hydrogens is 277 g/mol. The molecular formula is C12H15F3N2O3. The van der Waals surface area contributed by atoms with E-state index in [1.807, 2.05) is 0 Å². The fraction of sp³-hybridized carbons (Fsp3) is 0.417. The Labute approximate surface area is 114 Å². The number of methoxy groups -OCH3 is 2. The van der Waals surface area contributed by atoms with Crippen molar-refractivity contribution in [2.45, 2.75) is 6.18 Å². The third kappa shape index (κ3) is 5.25. The smallest absolute Gasteiger partial charge is 0.405 e. The van der Waals surface area contributed by atoms with Crippen molar-refractivity contribution in [2.24, 2.45) is 0 Å². The van der Waals surface area contributed by atoms with Gasteiger partial charge in [0.25, 0.3) is 0 Å². The maximum atomic E-state index is 11.9. The number of anilines is 1. The number of rotatable bonds is 6. The molecule has 0 atom stereocenters. The van der Waals surface area contributed by atoms with E-state index in [0.29, 0.717) is 17.2 Å². The van der Waals surface area contributed by atoms with Crippen molar-refractivity contribution in [1.29, 1.82) is 0 Å². The quantitative estimate of drug-likeness (QED) is 0.839. The van der Waals surface area contributed by atoms with Gasteiger partial charge in [-0.1, -0.05) is 0 Å². The summed E-state index contributed by atoms with van der Waals surface area (Å²) in [7, 11) is 2.92. The monoisotopic (exact) mass is 292 g/mol. The largest absolute Gasteiger partial charge is 0.497 e. The lowest BCUT2D eigenvalue weighted by Gasteiger charge is -2.13. The van der Waals surface area contributed by atoms with Crippen molar-refractivity contribution in [1.82, 2.24) is 5.32 Å². The summed E-state index contributed by atoms with van der Waals surface area (Å²) < 4.78 is 45.8. The zero-order valence-corrected chi connectivity index (χ0v) is 11.0. The van der Waals surface area contributed by atoms with E-state index in [0.717, 1.165) is 0 Å². The average molecular weight is 292 g/mol. The molecule has 0 fully saturated rings. The summed E-state index contributed by atoms with van der Waals surface area (Å²) in [5.74, 6) is 0.214. The van der Waals surface area contributed by atoms with Gasteiger partial charge in [-0.05, 0) is 12.1 Å². The molecule has 0 aliphatic carbocycles. The molecule has 0 spiro atoms. The van der Waals surface area contributed by atoms with Crippen LogP contribution in [0.2, 0.25) is 0 Å². The van der Waals surface area contributed by atoms with Gasteiger partial charge in [-0.15, -0.1) is 0 Å². The molecule has 5 nitrogen and oxygen atoms in total. The molecule has 0 aliphatic heterocycles. The molecule has 2 N–H and O–H groups in total. The van der Waals surface area contributed by atoms with Crippen molar-refractivity contribution in [3.05, 3.63) is 18.2 Å². The summed E-state index contributed by atoms with van der Waals surface area (Å²) in [4.78, 5) is 11.3. The zero-order valence-electron chi connectivity index (χ0n) is 11.0. The van der Waals surface area contributed by atoms with Crippen LogP contribution in [0.3, 0.4) is 0 Å². The summed E-state index contributed by atoms with van der Waals surface area (Å²) in [6.07, 6.45) is -4.43. The number of halogens is 3. The number of hydrogen-bond donors (Lipinski definition) is 2. The van der Waals surface area contributed by atoms with Gasteiger partial charge >= 0.3 is 6.18 Å². The lowest BCUT2D eigenvalue weighted by molar-refractivity contribution is -0.137. The molecule has 0 bridgehead atoms. The Hall–Kier alpha value is -2.12. The standard InChI is InChI=1S/C12H15F3N2O3/c1-19-8-3-4-10(20-2)9(5-8)16-6-11(18)17-7-12(13,14)15/h3-5,16H,6-7H2,1-2H3,(H,17,18). The summed E-state index contributed by atoms with van der Waals surface area (Å²) in [5, 5.41) is 4.45. The molecule has 0 saturated heterocycles. The van der Waals surface area contributed by atoms with Gasteiger partial charge in [-0.25, -0.2) is 0 Å². The maximum Gasteiger partial charge on any atom is 0.405 e. The molecule has 0 radical (unpaired) electrons. The van der Waals surface area contributed by atoms with E-state index in [1.54, 1.807) is 23.5 Å². The highest BCUT2D eigenvalue weighted by Crippen LogP contribution is 2.28. The average Bonchev–Trinajstić information content (AvgIpc) is 2.41. The highest BCUT2D eigenvalue weighted by Gasteiger charge is 2.27. The first-order chi connectivity index (χ1) is 9.35. The molecule has 0 heterocycles. The van der Waals surface area contributed by atoms with Crippen molar-refractivity contribution in [3.63, 3.8) is 0 Å². The molecule has 1 amide bonds. The van der Waals surface area contributed by atoms with Crippen LogP contribution in [-0.4, -0.2) is 39.4 Å². The van der Waals surface area contributed by atoms with Gasteiger partial charge in [0.2, 0.25) is 5.91 Å². The van der Waals surface area contributed by atoms with Gasteiger partial charge in [0, 0.05) is 6.07 Å². The van der Waals surface area contributed by atoms with Crippen LogP contribution in [0.15, 0.2) is 18.2 Å². The molecule has 8 heteroatoms. The Morgan fingerprint density at radius 1 is 1.25 bits per heavy atom. The molecule has 1 rings (SSSR count). The van der Waals surface area contributed by atoms with Crippen molar-refractivity contribution in [3.8, 4) is 11.5 Å². The first kappa shape index (κ1) is 15.9. The molecule has 112 valence electrons. The minimum absolute atomic E-state index is 0.306. The van der Waals surface area contributed by atoms with Crippen LogP contribution in [0.25, 0.3) is 0 Å². The summed E-state index contributed by atoms with van der Waals surface area (Å²) in [6, 6.07) is 4.86. The molecule has 0 unspecified atom stereocenters.